The summed E-state index contributed by atoms with van der Waals surface area (Å²) in [5.74, 6) is 1.61. The van der Waals surface area contributed by atoms with Crippen LogP contribution in [0.5, 0.6) is 0 Å². The molecule has 2 aliphatic rings. The van der Waals surface area contributed by atoms with Crippen LogP contribution < -0.4 is 9.80 Å². The predicted octanol–water partition coefficient (Wildman–Crippen LogP) is 3.09. The largest absolute Gasteiger partial charge is 0.360 e. The van der Waals surface area contributed by atoms with Crippen molar-refractivity contribution in [1.29, 1.82) is 0 Å². The number of quaternary nitrogens is 1. The molecule has 1 saturated carbocycles. The van der Waals surface area contributed by atoms with Gasteiger partial charge in [0, 0.05) is 18.0 Å². The van der Waals surface area contributed by atoms with Crippen LogP contribution in [0.3, 0.4) is 0 Å². The van der Waals surface area contributed by atoms with Gasteiger partial charge in [-0.1, -0.05) is 49.7 Å². The van der Waals surface area contributed by atoms with Gasteiger partial charge < -0.3 is 9.80 Å². The SMILES string of the molecule is Cc1cccc(C)c1-n1nnnc1[C@@]1([NH+]2CCN(c3ccccc3)CC2)CCCC[C@@H]1C. The molecule has 6 nitrogen and oxygen atoms in total. The molecule has 2 aromatic carbocycles. The highest BCUT2D eigenvalue weighted by Gasteiger charge is 2.53. The number of aromatic nitrogens is 4. The van der Waals surface area contributed by atoms with E-state index in [2.05, 4.69) is 89.3 Å². The molecule has 6 heteroatoms. The Morgan fingerprint density at radius 1 is 0.938 bits per heavy atom. The molecule has 0 radical (unpaired) electrons. The monoisotopic (exact) mass is 431 g/mol. The normalized spacial score (nSPS) is 24.6. The third-order valence-electron chi connectivity index (χ3n) is 7.94. The van der Waals surface area contributed by atoms with Gasteiger partial charge in [-0.15, -0.1) is 5.10 Å². The number of nitrogens with zero attached hydrogens (tertiary/aromatic N) is 5. The second-order valence-corrected chi connectivity index (χ2v) is 9.70. The summed E-state index contributed by atoms with van der Waals surface area (Å²) in [6, 6.07) is 17.3. The Bertz CT molecular complexity index is 1030. The lowest BCUT2D eigenvalue weighted by Crippen LogP contribution is -3.22. The minimum atomic E-state index is -0.0424. The number of benzene rings is 2. The maximum Gasteiger partial charge on any atom is 0.217 e. The standard InChI is InChI=1S/C26H34N6/c1-20-10-9-11-21(2)24(20)32-25(27-28-29-32)26(15-8-7-12-22(26)3)31-18-16-30(17-19-31)23-13-5-4-6-14-23/h4-6,9-11,13-14,22H,7-8,12,15-19H2,1-3H3/p+1/t22-,26+/m0/s1. The van der Waals surface area contributed by atoms with E-state index in [1.807, 2.05) is 0 Å². The number of piperazine rings is 1. The van der Waals surface area contributed by atoms with Crippen molar-refractivity contribution < 1.29 is 4.90 Å². The first-order chi connectivity index (χ1) is 15.6. The van der Waals surface area contributed by atoms with Crippen molar-refractivity contribution in [2.75, 3.05) is 31.1 Å². The summed E-state index contributed by atoms with van der Waals surface area (Å²) in [4.78, 5) is 4.18. The summed E-state index contributed by atoms with van der Waals surface area (Å²) >= 11 is 0. The van der Waals surface area contributed by atoms with Crippen molar-refractivity contribution in [3.8, 4) is 5.69 Å². The molecule has 2 heterocycles. The molecule has 1 aliphatic heterocycles. The van der Waals surface area contributed by atoms with Gasteiger partial charge in [-0.2, -0.15) is 4.68 Å². The van der Waals surface area contributed by atoms with Crippen LogP contribution in [0.4, 0.5) is 5.69 Å². The van der Waals surface area contributed by atoms with Crippen molar-refractivity contribution in [3.63, 3.8) is 0 Å². The van der Waals surface area contributed by atoms with E-state index in [-0.39, 0.29) is 5.54 Å². The zero-order valence-electron chi connectivity index (χ0n) is 19.6. The number of anilines is 1. The first-order valence-electron chi connectivity index (χ1n) is 12.1. The number of rotatable bonds is 4. The van der Waals surface area contributed by atoms with Crippen molar-refractivity contribution in [3.05, 3.63) is 65.5 Å². The highest BCUT2D eigenvalue weighted by molar-refractivity contribution is 5.47. The van der Waals surface area contributed by atoms with Gasteiger partial charge in [-0.3, -0.25) is 0 Å². The third-order valence-corrected chi connectivity index (χ3v) is 7.94. The van der Waals surface area contributed by atoms with E-state index in [1.165, 1.54) is 36.1 Å². The predicted molar refractivity (Wildman–Crippen MR) is 127 cm³/mol. The van der Waals surface area contributed by atoms with E-state index in [9.17, 15) is 0 Å². The summed E-state index contributed by atoms with van der Waals surface area (Å²) in [5, 5.41) is 13.5. The van der Waals surface area contributed by atoms with Crippen LogP contribution in [0.25, 0.3) is 5.69 Å². The number of hydrogen-bond donors (Lipinski definition) is 1. The molecule has 5 rings (SSSR count). The van der Waals surface area contributed by atoms with Crippen molar-refractivity contribution in [1.82, 2.24) is 20.2 Å². The smallest absolute Gasteiger partial charge is 0.217 e. The van der Waals surface area contributed by atoms with Gasteiger partial charge in [0.15, 0.2) is 5.54 Å². The molecule has 1 saturated heterocycles. The van der Waals surface area contributed by atoms with Crippen LogP contribution in [0, 0.1) is 19.8 Å². The lowest BCUT2D eigenvalue weighted by molar-refractivity contribution is -0.969. The molecule has 1 aliphatic carbocycles. The van der Waals surface area contributed by atoms with Gasteiger partial charge in [0.25, 0.3) is 0 Å². The zero-order valence-corrected chi connectivity index (χ0v) is 19.6. The number of hydrogen-bond acceptors (Lipinski definition) is 4. The van der Waals surface area contributed by atoms with E-state index < -0.39 is 0 Å². The van der Waals surface area contributed by atoms with Gasteiger partial charge in [0.2, 0.25) is 5.82 Å². The van der Waals surface area contributed by atoms with Crippen LogP contribution in [0.2, 0.25) is 0 Å². The van der Waals surface area contributed by atoms with Crippen LogP contribution in [-0.4, -0.2) is 46.4 Å². The number of aryl methyl sites for hydroxylation is 2. The lowest BCUT2D eigenvalue weighted by atomic mass is 9.71. The molecular weight excluding hydrogens is 396 g/mol. The molecule has 2 atom stereocenters. The highest BCUT2D eigenvalue weighted by Crippen LogP contribution is 2.39. The first kappa shape index (κ1) is 21.1. The van der Waals surface area contributed by atoms with E-state index in [4.69, 9.17) is 5.10 Å². The molecule has 2 fully saturated rings. The van der Waals surface area contributed by atoms with E-state index in [1.54, 1.807) is 4.90 Å². The summed E-state index contributed by atoms with van der Waals surface area (Å²) < 4.78 is 2.07. The second kappa shape index (κ2) is 8.66. The topological polar surface area (TPSA) is 51.3 Å². The number of para-hydroxylation sites is 2. The van der Waals surface area contributed by atoms with Gasteiger partial charge in [-0.25, -0.2) is 0 Å². The fourth-order valence-corrected chi connectivity index (χ4v) is 6.24. The lowest BCUT2D eigenvalue weighted by Gasteiger charge is -2.49. The zero-order chi connectivity index (χ0) is 22.1. The Hall–Kier alpha value is -2.73. The van der Waals surface area contributed by atoms with E-state index >= 15 is 0 Å². The molecule has 0 unspecified atom stereocenters. The Morgan fingerprint density at radius 2 is 1.66 bits per heavy atom. The maximum atomic E-state index is 4.74. The number of tetrazole rings is 1. The maximum absolute atomic E-state index is 4.74. The van der Waals surface area contributed by atoms with Crippen molar-refractivity contribution >= 4 is 5.69 Å². The Balaban J connectivity index is 1.52. The van der Waals surface area contributed by atoms with E-state index in [0.29, 0.717) is 5.92 Å². The fourth-order valence-electron chi connectivity index (χ4n) is 6.24. The van der Waals surface area contributed by atoms with Crippen LogP contribution in [0.1, 0.15) is 49.6 Å². The summed E-state index contributed by atoms with van der Waals surface area (Å²) in [6.07, 6.45) is 4.94. The minimum Gasteiger partial charge on any atom is -0.360 e. The van der Waals surface area contributed by atoms with Crippen LogP contribution in [0.15, 0.2) is 48.5 Å². The van der Waals surface area contributed by atoms with Gasteiger partial charge in [0.1, 0.15) is 0 Å². The van der Waals surface area contributed by atoms with Crippen LogP contribution in [-0.2, 0) is 5.54 Å². The molecule has 1 aromatic heterocycles. The minimum absolute atomic E-state index is 0.0424. The molecular formula is C26H35N6+. The second-order valence-electron chi connectivity index (χ2n) is 9.70. The quantitative estimate of drug-likeness (QED) is 0.690. The van der Waals surface area contributed by atoms with Gasteiger partial charge in [0.05, 0.1) is 31.9 Å². The number of nitrogens with one attached hydrogen (secondary N) is 1. The van der Waals surface area contributed by atoms with Crippen molar-refractivity contribution in [2.45, 2.75) is 52.0 Å². The molecule has 0 bridgehead atoms. The molecule has 0 spiro atoms. The fraction of sp³-hybridized carbons (Fsp3) is 0.500. The van der Waals surface area contributed by atoms with Crippen molar-refractivity contribution in [2.24, 2.45) is 5.92 Å². The Kier molecular flexibility index (Phi) is 5.72. The third kappa shape index (κ3) is 3.51. The molecule has 32 heavy (non-hydrogen) atoms. The van der Waals surface area contributed by atoms with Gasteiger partial charge in [-0.05, 0) is 60.4 Å². The Labute approximate surface area is 191 Å². The summed E-state index contributed by atoms with van der Waals surface area (Å²) in [5.41, 5.74) is 4.88. The Morgan fingerprint density at radius 3 is 2.34 bits per heavy atom. The van der Waals surface area contributed by atoms with Gasteiger partial charge >= 0.3 is 0 Å². The van der Waals surface area contributed by atoms with Crippen LogP contribution >= 0.6 is 0 Å². The average molecular weight is 432 g/mol. The summed E-state index contributed by atoms with van der Waals surface area (Å²) in [7, 11) is 0. The molecule has 1 N–H and O–H groups in total. The average Bonchev–Trinajstić information content (AvgIpc) is 3.30. The van der Waals surface area contributed by atoms with E-state index in [0.717, 1.165) is 44.1 Å². The molecule has 3 aromatic rings. The summed E-state index contributed by atoms with van der Waals surface area (Å²) in [6.45, 7) is 11.1. The molecule has 0 amide bonds. The highest BCUT2D eigenvalue weighted by atomic mass is 15.6. The molecule has 168 valence electrons. The first-order valence-corrected chi connectivity index (χ1v) is 12.1.